The van der Waals surface area contributed by atoms with Crippen molar-refractivity contribution in [3.8, 4) is 22.6 Å². The van der Waals surface area contributed by atoms with Gasteiger partial charge in [-0.05, 0) is 83.0 Å². The number of methoxy groups -OCH3 is 2. The molecule has 0 amide bonds. The predicted octanol–water partition coefficient (Wildman–Crippen LogP) is 4.77. The molecule has 0 N–H and O–H groups in total. The van der Waals surface area contributed by atoms with Crippen LogP contribution in [0.15, 0.2) is 45.3 Å². The van der Waals surface area contributed by atoms with Crippen LogP contribution in [0.2, 0.25) is 0 Å². The third kappa shape index (κ3) is 5.00. The molecule has 0 aliphatic carbocycles. The number of carbonyl (C=O) groups is 1. The number of nitriles is 1. The van der Waals surface area contributed by atoms with E-state index in [0.717, 1.165) is 32.4 Å². The number of benzene rings is 1. The van der Waals surface area contributed by atoms with Gasteiger partial charge < -0.3 is 18.8 Å². The van der Waals surface area contributed by atoms with Gasteiger partial charge in [0, 0.05) is 21.8 Å². The highest BCUT2D eigenvalue weighted by Crippen LogP contribution is 2.38. The molecule has 0 saturated carbocycles. The molecule has 0 spiro atoms. The molecule has 0 radical (unpaired) electrons. The lowest BCUT2D eigenvalue weighted by Crippen LogP contribution is -2.40. The number of esters is 1. The van der Waals surface area contributed by atoms with Gasteiger partial charge in [-0.3, -0.25) is 9.36 Å². The number of fused-ring (bicyclic) bond motifs is 1. The van der Waals surface area contributed by atoms with E-state index in [9.17, 15) is 14.9 Å². The summed E-state index contributed by atoms with van der Waals surface area (Å²) in [4.78, 5) is 33.7. The predicted molar refractivity (Wildman–Crippen MR) is 167 cm³/mol. The van der Waals surface area contributed by atoms with Crippen LogP contribution >= 0.6 is 22.7 Å². The zero-order chi connectivity index (χ0) is 31.2. The molecule has 5 rings (SSSR count). The van der Waals surface area contributed by atoms with Gasteiger partial charge >= 0.3 is 5.97 Å². The van der Waals surface area contributed by atoms with Gasteiger partial charge in [-0.25, -0.2) is 9.79 Å². The largest absolute Gasteiger partial charge is 0.497 e. The third-order valence-corrected chi connectivity index (χ3v) is 9.86. The summed E-state index contributed by atoms with van der Waals surface area (Å²) in [5.41, 5.74) is 5.37. The molecule has 4 aromatic rings. The van der Waals surface area contributed by atoms with Crippen molar-refractivity contribution < 1.29 is 19.0 Å². The van der Waals surface area contributed by atoms with Crippen molar-refractivity contribution in [3.63, 3.8) is 0 Å². The first-order valence-corrected chi connectivity index (χ1v) is 15.3. The van der Waals surface area contributed by atoms with Crippen molar-refractivity contribution in [3.05, 3.63) is 93.7 Å². The van der Waals surface area contributed by atoms with Crippen LogP contribution in [0, 0.1) is 39.0 Å². The summed E-state index contributed by atoms with van der Waals surface area (Å²) in [6, 6.07) is 8.80. The molecule has 43 heavy (non-hydrogen) atoms. The summed E-state index contributed by atoms with van der Waals surface area (Å²) in [6.07, 6.45) is 1.85. The van der Waals surface area contributed by atoms with Crippen LogP contribution in [0.3, 0.4) is 0 Å². The lowest BCUT2D eigenvalue weighted by molar-refractivity contribution is -0.139. The molecule has 0 unspecified atom stereocenters. The zero-order valence-corrected chi connectivity index (χ0v) is 27.0. The van der Waals surface area contributed by atoms with Gasteiger partial charge in [0.25, 0.3) is 5.56 Å². The molecule has 222 valence electrons. The number of thiazole rings is 1. The fourth-order valence-electron chi connectivity index (χ4n) is 5.42. The Hall–Kier alpha value is -4.40. The van der Waals surface area contributed by atoms with E-state index in [2.05, 4.69) is 15.6 Å². The van der Waals surface area contributed by atoms with Crippen molar-refractivity contribution in [2.24, 2.45) is 4.99 Å². The summed E-state index contributed by atoms with van der Waals surface area (Å²) in [5.74, 6) is 0.501. The number of allylic oxidation sites excluding steroid dienone is 1. The number of carbonyl (C=O) groups excluding carboxylic acids is 1. The lowest BCUT2D eigenvalue weighted by Gasteiger charge is -2.26. The molecule has 11 heteroatoms. The highest BCUT2D eigenvalue weighted by Gasteiger charge is 2.35. The number of aryl methyl sites for hydroxylation is 2. The first-order chi connectivity index (χ1) is 20.6. The normalized spacial score (nSPS) is 14.8. The van der Waals surface area contributed by atoms with E-state index >= 15 is 0 Å². The topological polar surface area (TPSA) is 108 Å². The second kappa shape index (κ2) is 11.7. The number of ether oxygens (including phenoxy) is 3. The van der Waals surface area contributed by atoms with E-state index in [1.807, 2.05) is 39.8 Å². The van der Waals surface area contributed by atoms with Crippen LogP contribution in [-0.2, 0) is 9.53 Å². The summed E-state index contributed by atoms with van der Waals surface area (Å²) in [7, 11) is 3.10. The van der Waals surface area contributed by atoms with E-state index in [0.29, 0.717) is 37.7 Å². The Kier molecular flexibility index (Phi) is 8.18. The number of rotatable bonds is 7. The Morgan fingerprint density at radius 2 is 1.86 bits per heavy atom. The van der Waals surface area contributed by atoms with Crippen LogP contribution in [0.25, 0.3) is 11.1 Å². The monoisotopic (exact) mass is 616 g/mol. The molecule has 1 aliphatic heterocycles. The third-order valence-electron chi connectivity index (χ3n) is 7.69. The fraction of sp³-hybridized carbons (Fsp3) is 0.312. The molecule has 0 bridgehead atoms. The maximum absolute atomic E-state index is 14.2. The van der Waals surface area contributed by atoms with Gasteiger partial charge in [-0.1, -0.05) is 11.3 Å². The van der Waals surface area contributed by atoms with Gasteiger partial charge in [-0.2, -0.15) is 5.26 Å². The van der Waals surface area contributed by atoms with E-state index in [4.69, 9.17) is 14.2 Å². The highest BCUT2D eigenvalue weighted by molar-refractivity contribution is 7.15. The highest BCUT2D eigenvalue weighted by atomic mass is 32.1. The Balaban J connectivity index is 1.75. The average Bonchev–Trinajstić information content (AvgIpc) is 3.55. The lowest BCUT2D eigenvalue weighted by atomic mass is 9.94. The van der Waals surface area contributed by atoms with E-state index in [-0.39, 0.29) is 17.7 Å². The minimum atomic E-state index is -0.842. The van der Waals surface area contributed by atoms with Crippen molar-refractivity contribution in [2.75, 3.05) is 20.8 Å². The molecule has 3 aromatic heterocycles. The summed E-state index contributed by atoms with van der Waals surface area (Å²) in [5, 5.41) is 10.7. The van der Waals surface area contributed by atoms with Crippen LogP contribution in [-0.4, -0.2) is 35.9 Å². The first-order valence-electron chi connectivity index (χ1n) is 13.7. The van der Waals surface area contributed by atoms with Crippen molar-refractivity contribution >= 4 is 34.7 Å². The molecule has 0 fully saturated rings. The number of hydrogen-bond acceptors (Lipinski definition) is 9. The molecule has 4 heterocycles. The smallest absolute Gasteiger partial charge is 0.338 e. The van der Waals surface area contributed by atoms with Gasteiger partial charge in [0.05, 0.1) is 42.2 Å². The van der Waals surface area contributed by atoms with Gasteiger partial charge in [0.1, 0.15) is 28.6 Å². The number of aromatic nitrogens is 2. The van der Waals surface area contributed by atoms with E-state index in [1.54, 1.807) is 57.6 Å². The van der Waals surface area contributed by atoms with Gasteiger partial charge in [0.15, 0.2) is 4.80 Å². The SMILES string of the molecule is CCOC(=O)C1=C(C)N=c2s/c(=C/c3cc(C)n(-c4sc(C)c(C)c4C#N)c3C)c(=O)n2[C@H]1c1cc(OC)ccc1OC. The van der Waals surface area contributed by atoms with Crippen LogP contribution in [0.4, 0.5) is 0 Å². The average molecular weight is 617 g/mol. The maximum atomic E-state index is 14.2. The number of hydrogen-bond donors (Lipinski definition) is 0. The Labute approximate surface area is 257 Å². The fourth-order valence-corrected chi connectivity index (χ4v) is 7.68. The zero-order valence-electron chi connectivity index (χ0n) is 25.3. The standard InChI is InChI=1S/C32H32N4O5S2/c1-9-41-31(38)27-18(4)34-32-36(28(27)23-14-22(39-7)10-11-25(23)40-8)29(37)26(43-32)13-21-12-16(2)35(19(21)5)30-24(15-33)17(3)20(6)42-30/h10-14,28H,9H2,1-8H3/b26-13+/t28-/m0/s1. The summed E-state index contributed by atoms with van der Waals surface area (Å²) in [6.45, 7) is 11.6. The molecule has 1 aliphatic rings. The molecule has 0 saturated heterocycles. The Morgan fingerprint density at radius 3 is 2.51 bits per heavy atom. The summed E-state index contributed by atoms with van der Waals surface area (Å²) >= 11 is 2.83. The Bertz CT molecular complexity index is 2030. The van der Waals surface area contributed by atoms with Crippen LogP contribution < -0.4 is 24.4 Å². The second-order valence-electron chi connectivity index (χ2n) is 10.1. The van der Waals surface area contributed by atoms with E-state index < -0.39 is 12.0 Å². The van der Waals surface area contributed by atoms with Crippen molar-refractivity contribution in [2.45, 2.75) is 47.6 Å². The maximum Gasteiger partial charge on any atom is 0.338 e. The molecular formula is C32H32N4O5S2. The Morgan fingerprint density at radius 1 is 1.12 bits per heavy atom. The minimum absolute atomic E-state index is 0.175. The van der Waals surface area contributed by atoms with Crippen molar-refractivity contribution in [1.29, 1.82) is 5.26 Å². The quantitative estimate of drug-likeness (QED) is 0.277. The summed E-state index contributed by atoms with van der Waals surface area (Å²) < 4.78 is 20.6. The van der Waals surface area contributed by atoms with Crippen LogP contribution in [0.1, 0.15) is 58.4 Å². The molecule has 9 nitrogen and oxygen atoms in total. The molecule has 1 aromatic carbocycles. The number of nitrogens with zero attached hydrogens (tertiary/aromatic N) is 4. The van der Waals surface area contributed by atoms with Gasteiger partial charge in [-0.15, -0.1) is 11.3 Å². The minimum Gasteiger partial charge on any atom is -0.497 e. The van der Waals surface area contributed by atoms with E-state index in [1.165, 1.54) is 15.9 Å². The molecule has 1 atom stereocenters. The van der Waals surface area contributed by atoms with Crippen LogP contribution in [0.5, 0.6) is 11.5 Å². The molecular weight excluding hydrogens is 585 g/mol. The second-order valence-corrected chi connectivity index (χ2v) is 12.4. The number of thiophene rings is 1. The van der Waals surface area contributed by atoms with Gasteiger partial charge in [0.2, 0.25) is 0 Å². The van der Waals surface area contributed by atoms with Crippen molar-refractivity contribution in [1.82, 2.24) is 9.13 Å². The first kappa shape index (κ1) is 30.1.